The lowest BCUT2D eigenvalue weighted by Crippen LogP contribution is -1.91. The van der Waals surface area contributed by atoms with Crippen molar-refractivity contribution in [3.05, 3.63) is 36.4 Å². The predicted molar refractivity (Wildman–Crippen MR) is 59.7 cm³/mol. The number of halogens is 1. The van der Waals surface area contributed by atoms with Crippen LogP contribution >= 0.6 is 10.7 Å². The van der Waals surface area contributed by atoms with Gasteiger partial charge in [-0.2, -0.15) is 0 Å². The third kappa shape index (κ3) is 2.10. The van der Waals surface area contributed by atoms with E-state index in [9.17, 15) is 8.42 Å². The van der Waals surface area contributed by atoms with Gasteiger partial charge in [0.05, 0.1) is 4.90 Å². The highest BCUT2D eigenvalue weighted by atomic mass is 35.7. The Hall–Kier alpha value is -1.33. The lowest BCUT2D eigenvalue weighted by atomic mass is 10.1. The summed E-state index contributed by atoms with van der Waals surface area (Å²) in [7, 11) is 1.54. The zero-order valence-corrected chi connectivity index (χ0v) is 9.92. The van der Waals surface area contributed by atoms with Gasteiger partial charge < -0.3 is 4.42 Å². The van der Waals surface area contributed by atoms with Gasteiger partial charge in [-0.1, -0.05) is 12.1 Å². The highest BCUT2D eigenvalue weighted by molar-refractivity contribution is 8.13. The van der Waals surface area contributed by atoms with Crippen molar-refractivity contribution in [1.82, 2.24) is 4.98 Å². The highest BCUT2D eigenvalue weighted by Gasteiger charge is 2.13. The maximum absolute atomic E-state index is 11.2. The van der Waals surface area contributed by atoms with Gasteiger partial charge in [-0.3, -0.25) is 0 Å². The molecule has 1 aromatic heterocycles. The number of nitrogens with zero attached hydrogens (tertiary/aromatic N) is 1. The quantitative estimate of drug-likeness (QED) is 0.776. The third-order valence-corrected chi connectivity index (χ3v) is 3.49. The van der Waals surface area contributed by atoms with Crippen LogP contribution in [0.25, 0.3) is 11.3 Å². The standard InChI is InChI=1S/C10H8ClNO3S/c1-7-10(12-6-15-7)8-3-2-4-9(5-8)16(11,13)14/h2-6H,1H3. The Bertz CT molecular complexity index is 618. The molecule has 0 spiro atoms. The van der Waals surface area contributed by atoms with Crippen LogP contribution < -0.4 is 0 Å². The summed E-state index contributed by atoms with van der Waals surface area (Å²) in [5.41, 5.74) is 1.27. The van der Waals surface area contributed by atoms with Crippen LogP contribution in [0.3, 0.4) is 0 Å². The Kier molecular flexibility index (Phi) is 2.73. The molecular formula is C10H8ClNO3S. The van der Waals surface area contributed by atoms with Crippen LogP contribution in [0.1, 0.15) is 5.76 Å². The molecule has 1 aromatic carbocycles. The first-order chi connectivity index (χ1) is 7.48. The fourth-order valence-corrected chi connectivity index (χ4v) is 2.17. The number of rotatable bonds is 2. The van der Waals surface area contributed by atoms with E-state index < -0.39 is 9.05 Å². The van der Waals surface area contributed by atoms with Gasteiger partial charge in [0, 0.05) is 16.2 Å². The molecule has 0 N–H and O–H groups in total. The smallest absolute Gasteiger partial charge is 0.261 e. The monoisotopic (exact) mass is 257 g/mol. The van der Waals surface area contributed by atoms with Crippen molar-refractivity contribution in [2.24, 2.45) is 0 Å². The lowest BCUT2D eigenvalue weighted by Gasteiger charge is -2.00. The summed E-state index contributed by atoms with van der Waals surface area (Å²) in [6, 6.07) is 6.25. The molecule has 0 unspecified atom stereocenters. The van der Waals surface area contributed by atoms with Gasteiger partial charge in [-0.15, -0.1) is 0 Å². The molecule has 0 aliphatic rings. The molecule has 0 bridgehead atoms. The van der Waals surface area contributed by atoms with Crippen LogP contribution in [0.4, 0.5) is 0 Å². The van der Waals surface area contributed by atoms with Crippen molar-refractivity contribution < 1.29 is 12.8 Å². The molecule has 2 aromatic rings. The number of aryl methyl sites for hydroxylation is 1. The Morgan fingerprint density at radius 2 is 2.12 bits per heavy atom. The molecular weight excluding hydrogens is 250 g/mol. The van der Waals surface area contributed by atoms with Crippen LogP contribution in [0, 0.1) is 6.92 Å². The Balaban J connectivity index is 2.57. The molecule has 0 radical (unpaired) electrons. The molecule has 4 nitrogen and oxygen atoms in total. The molecule has 0 aliphatic heterocycles. The second kappa shape index (κ2) is 3.92. The van der Waals surface area contributed by atoms with Gasteiger partial charge in [0.15, 0.2) is 6.39 Å². The minimum Gasteiger partial charge on any atom is -0.448 e. The van der Waals surface area contributed by atoms with E-state index in [4.69, 9.17) is 15.1 Å². The summed E-state index contributed by atoms with van der Waals surface area (Å²) in [5.74, 6) is 0.629. The molecule has 1 heterocycles. The van der Waals surface area contributed by atoms with Crippen molar-refractivity contribution >= 4 is 19.7 Å². The minimum absolute atomic E-state index is 0.0501. The maximum atomic E-state index is 11.2. The van der Waals surface area contributed by atoms with Gasteiger partial charge >= 0.3 is 0 Å². The van der Waals surface area contributed by atoms with E-state index in [1.807, 2.05) is 0 Å². The van der Waals surface area contributed by atoms with Crippen LogP contribution in [-0.4, -0.2) is 13.4 Å². The second-order valence-electron chi connectivity index (χ2n) is 3.22. The molecule has 0 amide bonds. The lowest BCUT2D eigenvalue weighted by molar-refractivity contribution is 0.527. The van der Waals surface area contributed by atoms with Gasteiger partial charge in [0.2, 0.25) is 0 Å². The number of oxazole rings is 1. The van der Waals surface area contributed by atoms with E-state index in [0.717, 1.165) is 0 Å². The molecule has 16 heavy (non-hydrogen) atoms. The Morgan fingerprint density at radius 3 is 2.69 bits per heavy atom. The summed E-state index contributed by atoms with van der Waals surface area (Å²) < 4.78 is 27.4. The number of hydrogen-bond donors (Lipinski definition) is 0. The van der Waals surface area contributed by atoms with Gasteiger partial charge in [0.25, 0.3) is 9.05 Å². The topological polar surface area (TPSA) is 60.2 Å². The molecule has 0 saturated carbocycles. The first kappa shape index (κ1) is 11.2. The summed E-state index contributed by atoms with van der Waals surface area (Å²) in [6.45, 7) is 1.75. The van der Waals surface area contributed by atoms with E-state index >= 15 is 0 Å². The predicted octanol–water partition coefficient (Wildman–Crippen LogP) is 2.58. The zero-order valence-electron chi connectivity index (χ0n) is 8.34. The minimum atomic E-state index is -3.72. The van der Waals surface area contributed by atoms with Crippen LogP contribution in [0.2, 0.25) is 0 Å². The fraction of sp³-hybridized carbons (Fsp3) is 0.100. The average Bonchev–Trinajstić information content (AvgIpc) is 2.63. The number of benzene rings is 1. The van der Waals surface area contributed by atoms with E-state index in [0.29, 0.717) is 17.0 Å². The Morgan fingerprint density at radius 1 is 1.38 bits per heavy atom. The first-order valence-corrected chi connectivity index (χ1v) is 6.74. The molecule has 2 rings (SSSR count). The molecule has 0 aliphatic carbocycles. The van der Waals surface area contributed by atoms with E-state index in [-0.39, 0.29) is 4.90 Å². The van der Waals surface area contributed by atoms with E-state index in [1.54, 1.807) is 19.1 Å². The summed E-state index contributed by atoms with van der Waals surface area (Å²) in [6.07, 6.45) is 1.31. The average molecular weight is 258 g/mol. The molecule has 0 atom stereocenters. The Labute approximate surface area is 97.3 Å². The van der Waals surface area contributed by atoms with Crippen molar-refractivity contribution in [1.29, 1.82) is 0 Å². The number of hydrogen-bond acceptors (Lipinski definition) is 4. The third-order valence-electron chi connectivity index (χ3n) is 2.13. The van der Waals surface area contributed by atoms with Gasteiger partial charge in [-0.05, 0) is 19.1 Å². The fourth-order valence-electron chi connectivity index (χ4n) is 1.38. The summed E-state index contributed by atoms with van der Waals surface area (Å²) in [5, 5.41) is 0. The van der Waals surface area contributed by atoms with E-state index in [2.05, 4.69) is 4.98 Å². The highest BCUT2D eigenvalue weighted by Crippen LogP contribution is 2.25. The number of aromatic nitrogens is 1. The molecule has 0 fully saturated rings. The van der Waals surface area contributed by atoms with Crippen molar-refractivity contribution in [2.45, 2.75) is 11.8 Å². The summed E-state index contributed by atoms with van der Waals surface area (Å²) in [4.78, 5) is 4.05. The van der Waals surface area contributed by atoms with Crippen molar-refractivity contribution in [2.75, 3.05) is 0 Å². The van der Waals surface area contributed by atoms with Gasteiger partial charge in [0.1, 0.15) is 11.5 Å². The SMILES string of the molecule is Cc1ocnc1-c1cccc(S(=O)(=O)Cl)c1. The molecule has 84 valence electrons. The normalized spacial score (nSPS) is 11.6. The van der Waals surface area contributed by atoms with Crippen molar-refractivity contribution in [3.63, 3.8) is 0 Å². The zero-order chi connectivity index (χ0) is 11.8. The van der Waals surface area contributed by atoms with Crippen LogP contribution in [0.15, 0.2) is 40.0 Å². The second-order valence-corrected chi connectivity index (χ2v) is 5.79. The van der Waals surface area contributed by atoms with Crippen LogP contribution in [-0.2, 0) is 9.05 Å². The molecule has 0 saturated heterocycles. The maximum Gasteiger partial charge on any atom is 0.261 e. The summed E-state index contributed by atoms with van der Waals surface area (Å²) >= 11 is 0. The van der Waals surface area contributed by atoms with E-state index in [1.165, 1.54) is 18.5 Å². The van der Waals surface area contributed by atoms with Crippen LogP contribution in [0.5, 0.6) is 0 Å². The van der Waals surface area contributed by atoms with Crippen molar-refractivity contribution in [3.8, 4) is 11.3 Å². The van der Waals surface area contributed by atoms with Gasteiger partial charge in [-0.25, -0.2) is 13.4 Å². The first-order valence-electron chi connectivity index (χ1n) is 4.43. The molecule has 6 heteroatoms. The largest absolute Gasteiger partial charge is 0.448 e.